The van der Waals surface area contributed by atoms with Gasteiger partial charge in [0.25, 0.3) is 0 Å². The zero-order valence-corrected chi connectivity index (χ0v) is 29.2. The fourth-order valence-electron chi connectivity index (χ4n) is 7.71. The number of hydrogen-bond acceptors (Lipinski definition) is 2. The van der Waals surface area contributed by atoms with Gasteiger partial charge in [-0.25, -0.2) is 0 Å². The van der Waals surface area contributed by atoms with Crippen LogP contribution in [0.2, 0.25) is 0 Å². The highest BCUT2D eigenvalue weighted by molar-refractivity contribution is 7.26. The molecule has 0 amide bonds. The summed E-state index contributed by atoms with van der Waals surface area (Å²) in [5.41, 5.74) is 10.7. The summed E-state index contributed by atoms with van der Waals surface area (Å²) in [5, 5.41) is 7.56. The van der Waals surface area contributed by atoms with E-state index >= 15 is 0 Å². The van der Waals surface area contributed by atoms with Crippen molar-refractivity contribution in [3.05, 3.63) is 200 Å². The molecule has 0 N–H and O–H groups in total. The van der Waals surface area contributed by atoms with Crippen molar-refractivity contribution in [2.75, 3.05) is 4.90 Å². The van der Waals surface area contributed by atoms with Gasteiger partial charge in [0.05, 0.1) is 16.1 Å². The molecule has 10 aromatic rings. The minimum atomic E-state index is 1.12. The highest BCUT2D eigenvalue weighted by atomic mass is 32.1. The molecule has 0 bridgehead atoms. The number of nitrogens with zero attached hydrogens (tertiary/aromatic N) is 1. The first-order valence-electron chi connectivity index (χ1n) is 17.8. The molecule has 0 spiro atoms. The maximum atomic E-state index is 2.46. The number of thiophene rings is 1. The number of benzene rings is 9. The largest absolute Gasteiger partial charge is 0.308 e. The number of anilines is 3. The molecule has 0 saturated carbocycles. The van der Waals surface area contributed by atoms with Gasteiger partial charge in [0.2, 0.25) is 0 Å². The summed E-state index contributed by atoms with van der Waals surface area (Å²) >= 11 is 1.87. The molecule has 244 valence electrons. The monoisotopic (exact) mass is 679 g/mol. The SMILES string of the molecule is c1ccc(-c2ccc3ccc(-c4ccc(N(c5ccccc5-c5cccc6ccccc56)c5cccc6c5sc5ccccc56)cc4)cc3c2)cc1. The molecular weight excluding hydrogens is 647 g/mol. The first-order chi connectivity index (χ1) is 25.8. The Balaban J connectivity index is 1.14. The Morgan fingerprint density at radius 2 is 0.904 bits per heavy atom. The smallest absolute Gasteiger partial charge is 0.0640 e. The molecule has 0 radical (unpaired) electrons. The lowest BCUT2D eigenvalue weighted by molar-refractivity contribution is 1.30. The molecule has 1 nitrogen and oxygen atoms in total. The Kier molecular flexibility index (Phi) is 7.41. The van der Waals surface area contributed by atoms with Crippen LogP contribution in [0.3, 0.4) is 0 Å². The topological polar surface area (TPSA) is 3.24 Å². The van der Waals surface area contributed by atoms with E-state index in [1.807, 2.05) is 11.3 Å². The highest BCUT2D eigenvalue weighted by Gasteiger charge is 2.21. The first kappa shape index (κ1) is 30.4. The average molecular weight is 680 g/mol. The van der Waals surface area contributed by atoms with E-state index in [4.69, 9.17) is 0 Å². The van der Waals surface area contributed by atoms with Gasteiger partial charge in [0, 0.05) is 26.7 Å². The molecule has 9 aromatic carbocycles. The normalized spacial score (nSPS) is 11.5. The number of rotatable bonds is 6. The molecular formula is C50H33NS. The van der Waals surface area contributed by atoms with Crippen molar-refractivity contribution < 1.29 is 0 Å². The summed E-state index contributed by atoms with van der Waals surface area (Å²) < 4.78 is 2.58. The molecule has 2 heteroatoms. The maximum absolute atomic E-state index is 2.46. The van der Waals surface area contributed by atoms with Crippen molar-refractivity contribution in [3.63, 3.8) is 0 Å². The van der Waals surface area contributed by atoms with Crippen LogP contribution in [0.25, 0.3) is 75.1 Å². The van der Waals surface area contributed by atoms with E-state index in [1.165, 1.54) is 80.8 Å². The molecule has 0 aliphatic rings. The van der Waals surface area contributed by atoms with Crippen LogP contribution in [-0.4, -0.2) is 0 Å². The lowest BCUT2D eigenvalue weighted by atomic mass is 9.95. The lowest BCUT2D eigenvalue weighted by Gasteiger charge is -2.29. The maximum Gasteiger partial charge on any atom is 0.0640 e. The minimum Gasteiger partial charge on any atom is -0.308 e. The summed E-state index contributed by atoms with van der Waals surface area (Å²) in [5.74, 6) is 0. The van der Waals surface area contributed by atoms with E-state index in [0.717, 1.165) is 11.4 Å². The summed E-state index contributed by atoms with van der Waals surface area (Å²) in [6, 6.07) is 73.0. The second kappa shape index (κ2) is 12.7. The van der Waals surface area contributed by atoms with Crippen molar-refractivity contribution in [2.45, 2.75) is 0 Å². The van der Waals surface area contributed by atoms with E-state index in [2.05, 4.69) is 205 Å². The molecule has 0 unspecified atom stereocenters. The Morgan fingerprint density at radius 1 is 0.327 bits per heavy atom. The lowest BCUT2D eigenvalue weighted by Crippen LogP contribution is -2.11. The third-order valence-corrected chi connectivity index (χ3v) is 11.5. The molecule has 0 fully saturated rings. The minimum absolute atomic E-state index is 1.12. The highest BCUT2D eigenvalue weighted by Crippen LogP contribution is 2.48. The number of hydrogen-bond donors (Lipinski definition) is 0. The Hall–Kier alpha value is -6.48. The van der Waals surface area contributed by atoms with Gasteiger partial charge < -0.3 is 4.90 Å². The standard InChI is InChI=1S/C50H33NS/c1-2-12-34(13-3-1)38-26-24-36-25-27-39(33-40(36)32-38)35-28-30-41(31-29-35)51(48-22-11-20-46-45-18-7-9-23-49(45)52-50(46)48)47-21-8-6-17-44(47)43-19-10-15-37-14-4-5-16-42(37)43/h1-33H. The van der Waals surface area contributed by atoms with Crippen molar-refractivity contribution in [1.29, 1.82) is 0 Å². The molecule has 52 heavy (non-hydrogen) atoms. The zero-order chi connectivity index (χ0) is 34.4. The summed E-state index contributed by atoms with van der Waals surface area (Å²) in [7, 11) is 0. The van der Waals surface area contributed by atoms with E-state index in [1.54, 1.807) is 0 Å². The van der Waals surface area contributed by atoms with E-state index < -0.39 is 0 Å². The van der Waals surface area contributed by atoms with Gasteiger partial charge >= 0.3 is 0 Å². The fraction of sp³-hybridized carbons (Fsp3) is 0. The summed E-state index contributed by atoms with van der Waals surface area (Å²) in [6.45, 7) is 0. The predicted molar refractivity (Wildman–Crippen MR) is 225 cm³/mol. The van der Waals surface area contributed by atoms with Gasteiger partial charge in [-0.1, -0.05) is 158 Å². The van der Waals surface area contributed by atoms with Crippen LogP contribution in [0.1, 0.15) is 0 Å². The zero-order valence-electron chi connectivity index (χ0n) is 28.4. The van der Waals surface area contributed by atoms with Gasteiger partial charge in [-0.15, -0.1) is 11.3 Å². The molecule has 1 heterocycles. The van der Waals surface area contributed by atoms with E-state index in [9.17, 15) is 0 Å². The third kappa shape index (κ3) is 5.24. The van der Waals surface area contributed by atoms with Crippen LogP contribution in [0.5, 0.6) is 0 Å². The summed E-state index contributed by atoms with van der Waals surface area (Å²) in [6.07, 6.45) is 0. The second-order valence-corrected chi connectivity index (χ2v) is 14.4. The van der Waals surface area contributed by atoms with Crippen LogP contribution in [0.15, 0.2) is 200 Å². The first-order valence-corrected chi connectivity index (χ1v) is 18.6. The van der Waals surface area contributed by atoms with Gasteiger partial charge in [-0.2, -0.15) is 0 Å². The van der Waals surface area contributed by atoms with Gasteiger partial charge in [-0.05, 0) is 91.8 Å². The quantitative estimate of drug-likeness (QED) is 0.169. The molecule has 0 aliphatic heterocycles. The fourth-order valence-corrected chi connectivity index (χ4v) is 8.92. The van der Waals surface area contributed by atoms with E-state index in [0.29, 0.717) is 0 Å². The van der Waals surface area contributed by atoms with Crippen LogP contribution in [0.4, 0.5) is 17.1 Å². The van der Waals surface area contributed by atoms with Crippen LogP contribution in [0, 0.1) is 0 Å². The molecule has 10 rings (SSSR count). The van der Waals surface area contributed by atoms with Crippen LogP contribution in [-0.2, 0) is 0 Å². The van der Waals surface area contributed by atoms with Crippen LogP contribution < -0.4 is 4.90 Å². The van der Waals surface area contributed by atoms with Crippen molar-refractivity contribution in [2.24, 2.45) is 0 Å². The van der Waals surface area contributed by atoms with Crippen molar-refractivity contribution in [3.8, 4) is 33.4 Å². The van der Waals surface area contributed by atoms with Gasteiger partial charge in [0.15, 0.2) is 0 Å². The molecule has 0 saturated heterocycles. The number of fused-ring (bicyclic) bond motifs is 5. The predicted octanol–water partition coefficient (Wildman–Crippen LogP) is 14.8. The van der Waals surface area contributed by atoms with Gasteiger partial charge in [-0.3, -0.25) is 0 Å². The molecule has 0 atom stereocenters. The number of para-hydroxylation sites is 1. The van der Waals surface area contributed by atoms with Crippen molar-refractivity contribution in [1.82, 2.24) is 0 Å². The van der Waals surface area contributed by atoms with Gasteiger partial charge in [0.1, 0.15) is 0 Å². The third-order valence-electron chi connectivity index (χ3n) is 10.3. The molecule has 0 aliphatic carbocycles. The molecule has 1 aromatic heterocycles. The van der Waals surface area contributed by atoms with E-state index in [-0.39, 0.29) is 0 Å². The second-order valence-electron chi connectivity index (χ2n) is 13.3. The summed E-state index contributed by atoms with van der Waals surface area (Å²) in [4.78, 5) is 2.46. The average Bonchev–Trinajstić information content (AvgIpc) is 3.61. The Morgan fingerprint density at radius 3 is 1.73 bits per heavy atom. The van der Waals surface area contributed by atoms with Crippen molar-refractivity contribution >= 4 is 70.1 Å². The Bertz CT molecular complexity index is 2900. The Labute approximate surface area is 307 Å². The van der Waals surface area contributed by atoms with Crippen LogP contribution >= 0.6 is 11.3 Å².